The van der Waals surface area contributed by atoms with Crippen molar-refractivity contribution in [2.75, 3.05) is 11.4 Å². The summed E-state index contributed by atoms with van der Waals surface area (Å²) < 4.78 is 13.9. The number of benzene rings is 1. The molecule has 0 aromatic heterocycles. The molecule has 1 amide bonds. The minimum atomic E-state index is -0.453. The van der Waals surface area contributed by atoms with E-state index in [1.165, 1.54) is 11.0 Å². The van der Waals surface area contributed by atoms with Gasteiger partial charge in [0.15, 0.2) is 0 Å². The summed E-state index contributed by atoms with van der Waals surface area (Å²) in [6.45, 7) is 4.54. The second-order valence-corrected chi connectivity index (χ2v) is 5.54. The average molecular weight is 285 g/mol. The molecule has 0 bridgehead atoms. The molecule has 3 nitrogen and oxygen atoms in total. The summed E-state index contributed by atoms with van der Waals surface area (Å²) in [6, 6.07) is 4.40. The number of rotatable bonds is 3. The largest absolute Gasteiger partial charge is 0.308 e. The summed E-state index contributed by atoms with van der Waals surface area (Å²) in [4.78, 5) is 13.9. The first-order valence-corrected chi connectivity index (χ1v) is 6.89. The second-order valence-electron chi connectivity index (χ2n) is 5.10. The van der Waals surface area contributed by atoms with Crippen molar-refractivity contribution >= 4 is 23.2 Å². The zero-order valence-corrected chi connectivity index (χ0v) is 11.9. The van der Waals surface area contributed by atoms with Crippen LogP contribution in [0.5, 0.6) is 0 Å². The molecule has 5 heteroatoms. The first-order valence-electron chi connectivity index (χ1n) is 6.51. The first-order chi connectivity index (χ1) is 8.99. The minimum absolute atomic E-state index is 0.0684. The van der Waals surface area contributed by atoms with E-state index in [-0.39, 0.29) is 18.0 Å². The predicted molar refractivity (Wildman–Crippen MR) is 75.1 cm³/mol. The molecule has 1 atom stereocenters. The van der Waals surface area contributed by atoms with Crippen molar-refractivity contribution in [3.8, 4) is 0 Å². The summed E-state index contributed by atoms with van der Waals surface area (Å²) >= 11 is 5.73. The third-order valence-electron chi connectivity index (χ3n) is 3.17. The molecule has 0 radical (unpaired) electrons. The van der Waals surface area contributed by atoms with Crippen LogP contribution < -0.4 is 10.2 Å². The Morgan fingerprint density at radius 2 is 2.21 bits per heavy atom. The van der Waals surface area contributed by atoms with Crippen LogP contribution >= 0.6 is 11.6 Å². The molecule has 2 rings (SSSR count). The quantitative estimate of drug-likeness (QED) is 0.925. The van der Waals surface area contributed by atoms with Crippen molar-refractivity contribution in [1.29, 1.82) is 0 Å². The van der Waals surface area contributed by atoms with Gasteiger partial charge < -0.3 is 10.2 Å². The van der Waals surface area contributed by atoms with Gasteiger partial charge in [-0.05, 0) is 31.0 Å². The molecule has 0 aliphatic carbocycles. The molecule has 1 aromatic rings. The van der Waals surface area contributed by atoms with Crippen LogP contribution in [0.25, 0.3) is 0 Å². The van der Waals surface area contributed by atoms with E-state index < -0.39 is 5.82 Å². The van der Waals surface area contributed by atoms with Gasteiger partial charge in [-0.15, -0.1) is 0 Å². The van der Waals surface area contributed by atoms with Crippen molar-refractivity contribution in [3.05, 3.63) is 29.0 Å². The van der Waals surface area contributed by atoms with Crippen LogP contribution in [-0.2, 0) is 4.79 Å². The van der Waals surface area contributed by atoms with Crippen molar-refractivity contribution in [1.82, 2.24) is 5.32 Å². The Bertz CT molecular complexity index is 479. The summed E-state index contributed by atoms with van der Waals surface area (Å²) in [5, 5.41) is 3.56. The highest BCUT2D eigenvalue weighted by molar-refractivity contribution is 6.30. The van der Waals surface area contributed by atoms with E-state index in [4.69, 9.17) is 11.6 Å². The van der Waals surface area contributed by atoms with Gasteiger partial charge in [0.1, 0.15) is 5.82 Å². The van der Waals surface area contributed by atoms with E-state index >= 15 is 0 Å². The van der Waals surface area contributed by atoms with Gasteiger partial charge in [0.05, 0.1) is 11.7 Å². The third-order valence-corrected chi connectivity index (χ3v) is 3.41. The summed E-state index contributed by atoms with van der Waals surface area (Å²) in [7, 11) is 0. The van der Waals surface area contributed by atoms with E-state index in [2.05, 4.69) is 5.32 Å². The highest BCUT2D eigenvalue weighted by Crippen LogP contribution is 2.26. The van der Waals surface area contributed by atoms with Gasteiger partial charge in [-0.2, -0.15) is 0 Å². The standard InChI is InChI=1S/C14H18ClFN2O/c1-9(2)17-12-4-3-7-18(14(12)19)13-6-5-10(15)8-11(13)16/h5-6,8-9,12,17H,3-4,7H2,1-2H3. The lowest BCUT2D eigenvalue weighted by Gasteiger charge is -2.33. The maximum atomic E-state index is 13.9. The van der Waals surface area contributed by atoms with Crippen LogP contribution in [0.3, 0.4) is 0 Å². The van der Waals surface area contributed by atoms with Crippen molar-refractivity contribution in [2.24, 2.45) is 0 Å². The molecule has 1 aliphatic rings. The smallest absolute Gasteiger partial charge is 0.244 e. The Morgan fingerprint density at radius 3 is 2.84 bits per heavy atom. The Kier molecular flexibility index (Phi) is 4.42. The molecule has 1 N–H and O–H groups in total. The van der Waals surface area contributed by atoms with Crippen LogP contribution in [0.15, 0.2) is 18.2 Å². The number of halogens is 2. The third kappa shape index (κ3) is 3.25. The van der Waals surface area contributed by atoms with Crippen LogP contribution in [0, 0.1) is 5.82 Å². The van der Waals surface area contributed by atoms with Crippen LogP contribution in [0.1, 0.15) is 26.7 Å². The summed E-state index contributed by atoms with van der Waals surface area (Å²) in [6.07, 6.45) is 1.65. The molecule has 1 aromatic carbocycles. The van der Waals surface area contributed by atoms with Gasteiger partial charge in [0, 0.05) is 17.6 Å². The monoisotopic (exact) mass is 284 g/mol. The second kappa shape index (κ2) is 5.88. The number of nitrogens with one attached hydrogen (secondary N) is 1. The van der Waals surface area contributed by atoms with Crippen molar-refractivity contribution in [3.63, 3.8) is 0 Å². The van der Waals surface area contributed by atoms with Gasteiger partial charge in [-0.3, -0.25) is 4.79 Å². The molecule has 1 saturated heterocycles. The Labute approximate surface area is 117 Å². The van der Waals surface area contributed by atoms with Crippen molar-refractivity contribution < 1.29 is 9.18 Å². The fourth-order valence-corrected chi connectivity index (χ4v) is 2.53. The lowest BCUT2D eigenvalue weighted by Crippen LogP contribution is -2.52. The van der Waals surface area contributed by atoms with E-state index in [1.807, 2.05) is 13.8 Å². The van der Waals surface area contributed by atoms with Crippen LogP contribution in [0.2, 0.25) is 5.02 Å². The number of carbonyl (C=O) groups is 1. The topological polar surface area (TPSA) is 32.3 Å². The number of carbonyl (C=O) groups excluding carboxylic acids is 1. The SMILES string of the molecule is CC(C)NC1CCCN(c2ccc(Cl)cc2F)C1=O. The number of piperidine rings is 1. The normalized spacial score (nSPS) is 20.2. The van der Waals surface area contributed by atoms with E-state index in [0.717, 1.165) is 12.8 Å². The zero-order valence-electron chi connectivity index (χ0n) is 11.1. The van der Waals surface area contributed by atoms with Crippen molar-refractivity contribution in [2.45, 2.75) is 38.8 Å². The summed E-state index contributed by atoms with van der Waals surface area (Å²) in [5.41, 5.74) is 0.310. The lowest BCUT2D eigenvalue weighted by molar-refractivity contribution is -0.122. The van der Waals surface area contributed by atoms with Crippen LogP contribution in [-0.4, -0.2) is 24.5 Å². The molecule has 1 aliphatic heterocycles. The summed E-state index contributed by atoms with van der Waals surface area (Å²) in [5.74, 6) is -0.521. The zero-order chi connectivity index (χ0) is 14.0. The fraction of sp³-hybridized carbons (Fsp3) is 0.500. The molecule has 0 spiro atoms. The maximum absolute atomic E-state index is 13.9. The molecule has 19 heavy (non-hydrogen) atoms. The van der Waals surface area contributed by atoms with Gasteiger partial charge >= 0.3 is 0 Å². The Balaban J connectivity index is 2.21. The average Bonchev–Trinajstić information content (AvgIpc) is 2.32. The number of amides is 1. The molecular formula is C14H18ClFN2O. The van der Waals surface area contributed by atoms with E-state index in [1.54, 1.807) is 12.1 Å². The molecule has 1 fully saturated rings. The highest BCUT2D eigenvalue weighted by atomic mass is 35.5. The van der Waals surface area contributed by atoms with Gasteiger partial charge in [0.25, 0.3) is 0 Å². The number of anilines is 1. The lowest BCUT2D eigenvalue weighted by atomic mass is 10.0. The van der Waals surface area contributed by atoms with E-state index in [0.29, 0.717) is 17.3 Å². The fourth-order valence-electron chi connectivity index (χ4n) is 2.37. The van der Waals surface area contributed by atoms with Crippen LogP contribution in [0.4, 0.5) is 10.1 Å². The Hall–Kier alpha value is -1.13. The molecule has 1 unspecified atom stereocenters. The molecular weight excluding hydrogens is 267 g/mol. The Morgan fingerprint density at radius 1 is 1.47 bits per heavy atom. The number of hydrogen-bond acceptors (Lipinski definition) is 2. The number of hydrogen-bond donors (Lipinski definition) is 1. The molecule has 104 valence electrons. The first kappa shape index (κ1) is 14.3. The maximum Gasteiger partial charge on any atom is 0.244 e. The van der Waals surface area contributed by atoms with Gasteiger partial charge in [0.2, 0.25) is 5.91 Å². The predicted octanol–water partition coefficient (Wildman–Crippen LogP) is 2.97. The molecule has 1 heterocycles. The number of nitrogens with zero attached hydrogens (tertiary/aromatic N) is 1. The minimum Gasteiger partial charge on any atom is -0.308 e. The highest BCUT2D eigenvalue weighted by Gasteiger charge is 2.31. The van der Waals surface area contributed by atoms with E-state index in [9.17, 15) is 9.18 Å². The van der Waals surface area contributed by atoms with Gasteiger partial charge in [-0.25, -0.2) is 4.39 Å². The molecule has 0 saturated carbocycles. The van der Waals surface area contributed by atoms with Gasteiger partial charge in [-0.1, -0.05) is 25.4 Å².